The van der Waals surface area contributed by atoms with Gasteiger partial charge in [0, 0.05) is 16.2 Å². The normalized spacial score (nSPS) is 12.3. The van der Waals surface area contributed by atoms with Gasteiger partial charge in [0.25, 0.3) is 11.8 Å². The molecule has 1 unspecified atom stereocenters. The van der Waals surface area contributed by atoms with Crippen LogP contribution in [0.2, 0.25) is 5.02 Å². The molecule has 0 aliphatic carbocycles. The number of nitrogen functional groups attached to an aromatic ring is 1. The molecular formula is C19H24ClN5O3S. The lowest BCUT2D eigenvalue weighted by Crippen LogP contribution is -2.54. The maximum Gasteiger partial charge on any atom is 0.272 e. The second-order valence-electron chi connectivity index (χ2n) is 7.45. The van der Waals surface area contributed by atoms with Crippen LogP contribution in [0.4, 0.5) is 11.4 Å². The first-order chi connectivity index (χ1) is 13.5. The molecule has 8 nitrogen and oxygen atoms in total. The molecule has 3 amide bonds. The number of nitrogens with zero attached hydrogens (tertiary/aromatic N) is 2. The van der Waals surface area contributed by atoms with Crippen LogP contribution in [0.5, 0.6) is 0 Å². The fourth-order valence-electron chi connectivity index (χ4n) is 2.72. The van der Waals surface area contributed by atoms with Crippen molar-refractivity contribution >= 4 is 52.2 Å². The number of carbonyl (C=O) groups excluding carboxylic acids is 3. The summed E-state index contributed by atoms with van der Waals surface area (Å²) in [7, 11) is 0. The Balaban J connectivity index is 2.55. The summed E-state index contributed by atoms with van der Waals surface area (Å²) < 4.78 is 3.89. The van der Waals surface area contributed by atoms with E-state index < -0.39 is 23.4 Å². The van der Waals surface area contributed by atoms with Gasteiger partial charge in [0.15, 0.2) is 5.69 Å². The first kappa shape index (κ1) is 22.6. The number of halogens is 1. The summed E-state index contributed by atoms with van der Waals surface area (Å²) >= 11 is 6.74. The standard InChI is InChI=1S/C19H24ClN5O3S/c1-5-12(17(27)23-19(2,3)4)25(11-8-6-10(20)7-9-11)18(28)15-13(21)14(16(22)26)24-29-15/h6-9,12H,5,21H2,1-4H3,(H2,22,26)(H,23,27). The number of hydrogen-bond acceptors (Lipinski definition) is 6. The Morgan fingerprint density at radius 2 is 1.83 bits per heavy atom. The van der Waals surface area contributed by atoms with Crippen molar-refractivity contribution in [3.63, 3.8) is 0 Å². The van der Waals surface area contributed by atoms with Crippen molar-refractivity contribution in [3.8, 4) is 0 Å². The molecule has 2 aromatic rings. The third kappa shape index (κ3) is 5.24. The zero-order valence-electron chi connectivity index (χ0n) is 16.7. The second-order valence-corrected chi connectivity index (χ2v) is 8.66. The Hall–Kier alpha value is -2.65. The Morgan fingerprint density at radius 3 is 2.28 bits per heavy atom. The van der Waals surface area contributed by atoms with E-state index in [0.717, 1.165) is 11.5 Å². The molecule has 2 rings (SSSR count). The zero-order valence-corrected chi connectivity index (χ0v) is 18.2. The van der Waals surface area contributed by atoms with Crippen LogP contribution in [-0.4, -0.2) is 33.7 Å². The highest BCUT2D eigenvalue weighted by Gasteiger charge is 2.34. The van der Waals surface area contributed by atoms with E-state index in [1.807, 2.05) is 20.8 Å². The van der Waals surface area contributed by atoms with Crippen molar-refractivity contribution in [2.24, 2.45) is 5.73 Å². The molecule has 0 fully saturated rings. The van der Waals surface area contributed by atoms with Gasteiger partial charge in [-0.15, -0.1) is 0 Å². The van der Waals surface area contributed by atoms with Crippen molar-refractivity contribution in [1.82, 2.24) is 9.69 Å². The molecule has 10 heteroatoms. The van der Waals surface area contributed by atoms with E-state index in [1.54, 1.807) is 31.2 Å². The molecule has 5 N–H and O–H groups in total. The topological polar surface area (TPSA) is 131 Å². The zero-order chi connectivity index (χ0) is 21.9. The minimum atomic E-state index is -0.826. The maximum absolute atomic E-state index is 13.4. The van der Waals surface area contributed by atoms with Crippen LogP contribution in [0.1, 0.15) is 54.3 Å². The predicted octanol–water partition coefficient (Wildman–Crippen LogP) is 2.82. The molecule has 0 radical (unpaired) electrons. The summed E-state index contributed by atoms with van der Waals surface area (Å²) in [6, 6.07) is 5.70. The van der Waals surface area contributed by atoms with E-state index in [0.29, 0.717) is 17.1 Å². The van der Waals surface area contributed by atoms with Crippen LogP contribution in [0.15, 0.2) is 24.3 Å². The first-order valence-corrected chi connectivity index (χ1v) is 10.1. The van der Waals surface area contributed by atoms with E-state index in [1.165, 1.54) is 4.90 Å². The number of carbonyl (C=O) groups is 3. The minimum Gasteiger partial charge on any atom is -0.395 e. The molecule has 1 heterocycles. The highest BCUT2D eigenvalue weighted by atomic mass is 35.5. The Bertz CT molecular complexity index is 921. The number of hydrogen-bond donors (Lipinski definition) is 3. The van der Waals surface area contributed by atoms with Crippen molar-refractivity contribution in [1.29, 1.82) is 0 Å². The van der Waals surface area contributed by atoms with E-state index >= 15 is 0 Å². The third-order valence-electron chi connectivity index (χ3n) is 3.98. The molecular weight excluding hydrogens is 414 g/mol. The summed E-state index contributed by atoms with van der Waals surface area (Å²) in [4.78, 5) is 39.2. The second kappa shape index (κ2) is 8.79. The summed E-state index contributed by atoms with van der Waals surface area (Å²) in [6.45, 7) is 7.36. The molecule has 1 aromatic carbocycles. The van der Waals surface area contributed by atoms with Crippen molar-refractivity contribution < 1.29 is 14.4 Å². The third-order valence-corrected chi connectivity index (χ3v) is 5.08. The largest absolute Gasteiger partial charge is 0.395 e. The average Bonchev–Trinajstić information content (AvgIpc) is 3.00. The predicted molar refractivity (Wildman–Crippen MR) is 115 cm³/mol. The fourth-order valence-corrected chi connectivity index (χ4v) is 3.59. The van der Waals surface area contributed by atoms with Gasteiger partial charge in [0.1, 0.15) is 10.9 Å². The fraction of sp³-hybridized carbons (Fsp3) is 0.368. The van der Waals surface area contributed by atoms with Gasteiger partial charge in [-0.05, 0) is 63.0 Å². The summed E-state index contributed by atoms with van der Waals surface area (Å²) in [5.41, 5.74) is 10.9. The van der Waals surface area contributed by atoms with Crippen LogP contribution < -0.4 is 21.7 Å². The molecule has 29 heavy (non-hydrogen) atoms. The van der Waals surface area contributed by atoms with Crippen LogP contribution in [0, 0.1) is 0 Å². The van der Waals surface area contributed by atoms with Crippen LogP contribution in [0.25, 0.3) is 0 Å². The van der Waals surface area contributed by atoms with Gasteiger partial charge in [0.2, 0.25) is 5.91 Å². The molecule has 0 bridgehead atoms. The lowest BCUT2D eigenvalue weighted by atomic mass is 10.1. The SMILES string of the molecule is CCC(C(=O)NC(C)(C)C)N(C(=O)c1snc(C(N)=O)c1N)c1ccc(Cl)cc1. The maximum atomic E-state index is 13.4. The molecule has 0 aliphatic heterocycles. The highest BCUT2D eigenvalue weighted by molar-refractivity contribution is 7.09. The first-order valence-electron chi connectivity index (χ1n) is 8.92. The Kier molecular flexibility index (Phi) is 6.86. The number of rotatable bonds is 6. The number of benzene rings is 1. The van der Waals surface area contributed by atoms with E-state index in [9.17, 15) is 14.4 Å². The van der Waals surface area contributed by atoms with Crippen molar-refractivity contribution in [2.45, 2.75) is 45.7 Å². The molecule has 0 saturated carbocycles. The number of anilines is 2. The van der Waals surface area contributed by atoms with Crippen LogP contribution in [-0.2, 0) is 4.79 Å². The highest BCUT2D eigenvalue weighted by Crippen LogP contribution is 2.29. The van der Waals surface area contributed by atoms with Gasteiger partial charge in [-0.3, -0.25) is 19.3 Å². The van der Waals surface area contributed by atoms with Gasteiger partial charge in [-0.25, -0.2) is 0 Å². The van der Waals surface area contributed by atoms with Gasteiger partial charge >= 0.3 is 0 Å². The van der Waals surface area contributed by atoms with Gasteiger partial charge in [-0.2, -0.15) is 4.37 Å². The van der Waals surface area contributed by atoms with E-state index in [2.05, 4.69) is 9.69 Å². The number of nitrogens with one attached hydrogen (secondary N) is 1. The van der Waals surface area contributed by atoms with Gasteiger partial charge < -0.3 is 16.8 Å². The monoisotopic (exact) mass is 437 g/mol. The molecule has 156 valence electrons. The Labute approximate surface area is 178 Å². The summed E-state index contributed by atoms with van der Waals surface area (Å²) in [5, 5.41) is 3.39. The molecule has 0 aliphatic rings. The number of primary amides is 1. The Morgan fingerprint density at radius 1 is 1.24 bits per heavy atom. The molecule has 0 saturated heterocycles. The number of nitrogens with two attached hydrogens (primary N) is 2. The average molecular weight is 438 g/mol. The van der Waals surface area contributed by atoms with Gasteiger partial charge in [-0.1, -0.05) is 18.5 Å². The lowest BCUT2D eigenvalue weighted by Gasteiger charge is -2.32. The smallest absolute Gasteiger partial charge is 0.272 e. The number of amides is 3. The van der Waals surface area contributed by atoms with E-state index in [-0.39, 0.29) is 22.2 Å². The summed E-state index contributed by atoms with van der Waals surface area (Å²) in [6.07, 6.45) is 0.345. The molecule has 1 atom stereocenters. The van der Waals surface area contributed by atoms with E-state index in [4.69, 9.17) is 23.1 Å². The van der Waals surface area contributed by atoms with Crippen LogP contribution in [0.3, 0.4) is 0 Å². The van der Waals surface area contributed by atoms with Crippen molar-refractivity contribution in [3.05, 3.63) is 39.9 Å². The lowest BCUT2D eigenvalue weighted by molar-refractivity contribution is -0.123. The quantitative estimate of drug-likeness (QED) is 0.639. The molecule has 0 spiro atoms. The minimum absolute atomic E-state index is 0.0377. The summed E-state index contributed by atoms with van der Waals surface area (Å²) in [5.74, 6) is -1.69. The molecule has 1 aromatic heterocycles. The van der Waals surface area contributed by atoms with Gasteiger partial charge in [0.05, 0.1) is 5.69 Å². The number of aromatic nitrogens is 1. The van der Waals surface area contributed by atoms with Crippen molar-refractivity contribution in [2.75, 3.05) is 10.6 Å². The van der Waals surface area contributed by atoms with Crippen LogP contribution >= 0.6 is 23.1 Å².